The van der Waals surface area contributed by atoms with Gasteiger partial charge in [-0.3, -0.25) is 14.5 Å². The first-order valence-corrected chi connectivity index (χ1v) is 7.13. The number of imide groups is 1. The first kappa shape index (κ1) is 15.1. The Balaban J connectivity index is 2.24. The number of aliphatic hydroxyl groups excluding tert-OH is 1. The van der Waals surface area contributed by atoms with Crippen LogP contribution in [0.15, 0.2) is 32.9 Å². The van der Waals surface area contributed by atoms with Gasteiger partial charge in [0.1, 0.15) is 5.70 Å². The van der Waals surface area contributed by atoms with E-state index in [1.54, 1.807) is 6.07 Å². The molecular weight excluding hydrogens is 399 g/mol. The van der Waals surface area contributed by atoms with Crippen LogP contribution in [0.5, 0.6) is 0 Å². The molecule has 0 saturated carbocycles. The van der Waals surface area contributed by atoms with Crippen molar-refractivity contribution in [3.8, 4) is 0 Å². The Kier molecular flexibility index (Phi) is 4.56. The van der Waals surface area contributed by atoms with Crippen molar-refractivity contribution in [3.63, 3.8) is 0 Å². The molecule has 106 valence electrons. The fourth-order valence-electron chi connectivity index (χ4n) is 1.68. The first-order chi connectivity index (χ1) is 9.45. The predicted molar refractivity (Wildman–Crippen MR) is 77.3 cm³/mol. The number of amides is 2. The van der Waals surface area contributed by atoms with E-state index >= 15 is 0 Å². The number of rotatable bonds is 4. The van der Waals surface area contributed by atoms with Crippen LogP contribution in [0.25, 0.3) is 0 Å². The van der Waals surface area contributed by atoms with Gasteiger partial charge in [0.05, 0.1) is 23.3 Å². The van der Waals surface area contributed by atoms with E-state index in [0.717, 1.165) is 11.0 Å². The van der Waals surface area contributed by atoms with Crippen molar-refractivity contribution in [3.05, 3.63) is 38.7 Å². The van der Waals surface area contributed by atoms with Crippen LogP contribution in [0.4, 0.5) is 10.1 Å². The molecule has 0 spiro atoms. The molecule has 0 saturated heterocycles. The zero-order valence-electron chi connectivity index (χ0n) is 9.99. The van der Waals surface area contributed by atoms with Crippen molar-refractivity contribution in [2.75, 3.05) is 18.5 Å². The number of β-amino-alcohol motifs (C(OH)–C–C–N with tert-alkyl or cyclic N) is 1. The average molecular weight is 408 g/mol. The van der Waals surface area contributed by atoms with Gasteiger partial charge in [-0.1, -0.05) is 0 Å². The minimum atomic E-state index is -0.595. The first-order valence-electron chi connectivity index (χ1n) is 5.54. The van der Waals surface area contributed by atoms with Crippen LogP contribution in [-0.2, 0) is 9.59 Å². The Labute approximate surface area is 130 Å². The van der Waals surface area contributed by atoms with Gasteiger partial charge in [0.2, 0.25) is 0 Å². The van der Waals surface area contributed by atoms with Crippen LogP contribution in [0.1, 0.15) is 0 Å². The number of halogens is 3. The number of carbonyl (C=O) groups is 2. The number of hydrogen-bond acceptors (Lipinski definition) is 4. The highest BCUT2D eigenvalue weighted by Crippen LogP contribution is 2.31. The summed E-state index contributed by atoms with van der Waals surface area (Å²) in [5.41, 5.74) is 0.0369. The largest absolute Gasteiger partial charge is 0.395 e. The minimum Gasteiger partial charge on any atom is -0.395 e. The Hall–Kier alpha value is -1.25. The van der Waals surface area contributed by atoms with Gasteiger partial charge in [-0.15, -0.1) is 0 Å². The van der Waals surface area contributed by atoms with E-state index in [1.165, 1.54) is 6.07 Å². The predicted octanol–water partition coefficient (Wildman–Crippen LogP) is 2.01. The summed E-state index contributed by atoms with van der Waals surface area (Å²) in [7, 11) is 0. The van der Waals surface area contributed by atoms with Gasteiger partial charge in [0, 0.05) is 10.5 Å². The second-order valence-corrected chi connectivity index (χ2v) is 5.57. The van der Waals surface area contributed by atoms with Crippen LogP contribution in [-0.4, -0.2) is 35.0 Å². The molecule has 1 heterocycles. The summed E-state index contributed by atoms with van der Waals surface area (Å²) >= 11 is 6.22. The maximum atomic E-state index is 14.0. The molecule has 0 aliphatic carbocycles. The molecule has 0 aromatic heterocycles. The Morgan fingerprint density at radius 2 is 2.00 bits per heavy atom. The maximum absolute atomic E-state index is 14.0. The van der Waals surface area contributed by atoms with Crippen molar-refractivity contribution in [1.82, 2.24) is 4.90 Å². The van der Waals surface area contributed by atoms with Gasteiger partial charge in [-0.2, -0.15) is 0 Å². The summed E-state index contributed by atoms with van der Waals surface area (Å²) in [5, 5.41) is 11.4. The number of nitrogens with one attached hydrogen (secondary N) is 1. The molecule has 1 aromatic rings. The summed E-state index contributed by atoms with van der Waals surface area (Å²) in [4.78, 5) is 24.3. The molecule has 0 unspecified atom stereocenters. The molecule has 2 rings (SSSR count). The van der Waals surface area contributed by atoms with Gasteiger partial charge in [0.15, 0.2) is 5.82 Å². The fourth-order valence-corrected chi connectivity index (χ4v) is 2.33. The van der Waals surface area contributed by atoms with Crippen molar-refractivity contribution >= 4 is 49.4 Å². The average Bonchev–Trinajstić information content (AvgIpc) is 2.67. The van der Waals surface area contributed by atoms with E-state index < -0.39 is 17.6 Å². The van der Waals surface area contributed by atoms with E-state index in [9.17, 15) is 14.0 Å². The van der Waals surface area contributed by atoms with E-state index in [1.807, 2.05) is 0 Å². The lowest BCUT2D eigenvalue weighted by Gasteiger charge is -2.14. The second-order valence-electron chi connectivity index (χ2n) is 3.92. The smallest absolute Gasteiger partial charge is 0.277 e. The molecule has 1 aromatic carbocycles. The third-order valence-corrected chi connectivity index (χ3v) is 4.61. The van der Waals surface area contributed by atoms with Gasteiger partial charge < -0.3 is 10.4 Å². The molecule has 0 bridgehead atoms. The molecular formula is C12H9Br2FN2O3. The zero-order chi connectivity index (χ0) is 14.9. The molecule has 1 aliphatic heterocycles. The SMILES string of the molecule is O=C1C=C(Nc2ccc(Br)c(Br)c2F)C(=O)N1CCO. The third kappa shape index (κ3) is 2.77. The summed E-state index contributed by atoms with van der Waals surface area (Å²) in [5.74, 6) is -1.72. The molecule has 1 aliphatic rings. The number of benzene rings is 1. The molecule has 8 heteroatoms. The summed E-state index contributed by atoms with van der Waals surface area (Å²) in [6.07, 6.45) is 1.08. The number of anilines is 1. The van der Waals surface area contributed by atoms with E-state index in [-0.39, 0.29) is 29.0 Å². The van der Waals surface area contributed by atoms with Crippen molar-refractivity contribution in [2.45, 2.75) is 0 Å². The highest BCUT2D eigenvalue weighted by Gasteiger charge is 2.31. The van der Waals surface area contributed by atoms with Crippen molar-refractivity contribution in [1.29, 1.82) is 0 Å². The lowest BCUT2D eigenvalue weighted by atomic mass is 10.3. The van der Waals surface area contributed by atoms with E-state index in [4.69, 9.17) is 5.11 Å². The molecule has 5 nitrogen and oxygen atoms in total. The quantitative estimate of drug-likeness (QED) is 0.591. The Bertz CT molecular complexity index is 619. The third-order valence-electron chi connectivity index (χ3n) is 2.64. The van der Waals surface area contributed by atoms with Crippen LogP contribution in [0, 0.1) is 5.82 Å². The maximum Gasteiger partial charge on any atom is 0.277 e. The lowest BCUT2D eigenvalue weighted by molar-refractivity contribution is -0.137. The number of hydrogen-bond donors (Lipinski definition) is 2. The normalized spacial score (nSPS) is 14.8. The number of aliphatic hydroxyl groups is 1. The molecule has 2 N–H and O–H groups in total. The lowest BCUT2D eigenvalue weighted by Crippen LogP contribution is -2.34. The second kappa shape index (κ2) is 6.02. The van der Waals surface area contributed by atoms with Crippen molar-refractivity contribution in [2.24, 2.45) is 0 Å². The fraction of sp³-hybridized carbons (Fsp3) is 0.167. The molecule has 0 radical (unpaired) electrons. The topological polar surface area (TPSA) is 69.6 Å². The zero-order valence-corrected chi connectivity index (χ0v) is 13.2. The van der Waals surface area contributed by atoms with Crippen molar-refractivity contribution < 1.29 is 19.1 Å². The van der Waals surface area contributed by atoms with Gasteiger partial charge in [-0.25, -0.2) is 4.39 Å². The summed E-state index contributed by atoms with van der Waals surface area (Å²) in [6, 6.07) is 3.04. The van der Waals surface area contributed by atoms with E-state index in [0.29, 0.717) is 4.47 Å². The number of nitrogens with zero attached hydrogens (tertiary/aromatic N) is 1. The molecule has 0 atom stereocenters. The Morgan fingerprint density at radius 3 is 2.65 bits per heavy atom. The summed E-state index contributed by atoms with van der Waals surface area (Å²) < 4.78 is 14.7. The molecule has 0 fully saturated rings. The highest BCUT2D eigenvalue weighted by molar-refractivity contribution is 9.13. The van der Waals surface area contributed by atoms with Crippen LogP contribution < -0.4 is 5.32 Å². The Morgan fingerprint density at radius 1 is 1.30 bits per heavy atom. The van der Waals surface area contributed by atoms with Gasteiger partial charge in [0.25, 0.3) is 11.8 Å². The van der Waals surface area contributed by atoms with Crippen LogP contribution in [0.3, 0.4) is 0 Å². The van der Waals surface area contributed by atoms with Gasteiger partial charge >= 0.3 is 0 Å². The van der Waals surface area contributed by atoms with Crippen LogP contribution in [0.2, 0.25) is 0 Å². The summed E-state index contributed by atoms with van der Waals surface area (Å²) in [6.45, 7) is -0.414. The molecule has 2 amide bonds. The van der Waals surface area contributed by atoms with Gasteiger partial charge in [-0.05, 0) is 44.0 Å². The number of carbonyl (C=O) groups excluding carboxylic acids is 2. The minimum absolute atomic E-state index is 0.0310. The van der Waals surface area contributed by atoms with E-state index in [2.05, 4.69) is 37.2 Å². The highest BCUT2D eigenvalue weighted by atomic mass is 79.9. The van der Waals surface area contributed by atoms with Crippen LogP contribution >= 0.6 is 31.9 Å². The monoisotopic (exact) mass is 406 g/mol. The molecule has 20 heavy (non-hydrogen) atoms. The standard InChI is InChI=1S/C12H9Br2FN2O3/c13-6-1-2-7(11(15)10(6)14)16-8-5-9(19)17(3-4-18)12(8)20/h1-2,5,16,18H,3-4H2.